The lowest BCUT2D eigenvalue weighted by Crippen LogP contribution is -2.27. The van der Waals surface area contributed by atoms with Gasteiger partial charge in [-0.1, -0.05) is 0 Å². The van der Waals surface area contributed by atoms with Crippen molar-refractivity contribution in [3.8, 4) is 11.5 Å². The van der Waals surface area contributed by atoms with Crippen molar-refractivity contribution < 1.29 is 33.8 Å². The van der Waals surface area contributed by atoms with Gasteiger partial charge in [0.1, 0.15) is 30.3 Å². The predicted molar refractivity (Wildman–Crippen MR) is 109 cm³/mol. The van der Waals surface area contributed by atoms with E-state index in [0.29, 0.717) is 22.0 Å². The molecule has 0 saturated carbocycles. The van der Waals surface area contributed by atoms with E-state index in [2.05, 4.69) is 5.32 Å². The minimum atomic E-state index is -0.578. The lowest BCUT2D eigenvalue weighted by molar-refractivity contribution is 0.0921. The summed E-state index contributed by atoms with van der Waals surface area (Å²) in [5, 5.41) is 20.2. The van der Waals surface area contributed by atoms with E-state index < -0.39 is 5.24 Å². The third kappa shape index (κ3) is 5.89. The number of carbonyl (C=O) groups is 2. The van der Waals surface area contributed by atoms with Crippen molar-refractivity contribution in [2.75, 3.05) is 26.4 Å². The number of carbonyl (C=O) groups excluding carboxylic acids is 2. The van der Waals surface area contributed by atoms with Crippen LogP contribution in [0.4, 0.5) is 4.79 Å². The first-order chi connectivity index (χ1) is 14.6. The predicted octanol–water partition coefficient (Wildman–Crippen LogP) is 2.80. The Bertz CT molecular complexity index is 1000. The second-order valence-corrected chi connectivity index (χ2v) is 7.01. The Morgan fingerprint density at radius 1 is 1.00 bits per heavy atom. The average Bonchev–Trinajstić information content (AvgIpc) is 3.19. The Labute approximate surface area is 175 Å². The van der Waals surface area contributed by atoms with Crippen molar-refractivity contribution in [3.63, 3.8) is 0 Å². The van der Waals surface area contributed by atoms with Gasteiger partial charge in [0.05, 0.1) is 13.2 Å². The lowest BCUT2D eigenvalue weighted by atomic mass is 10.2. The van der Waals surface area contributed by atoms with Crippen molar-refractivity contribution in [1.29, 1.82) is 0 Å². The minimum absolute atomic E-state index is 0.0802. The van der Waals surface area contributed by atoms with Gasteiger partial charge in [0.25, 0.3) is 5.91 Å². The highest BCUT2D eigenvalue weighted by Gasteiger charge is 2.12. The number of furan rings is 1. The summed E-state index contributed by atoms with van der Waals surface area (Å²) in [5.74, 6) is 0.971. The number of hydroxylamine groups is 1. The average molecular weight is 432 g/mol. The van der Waals surface area contributed by atoms with Gasteiger partial charge in [-0.15, -0.1) is 0 Å². The smallest absolute Gasteiger partial charge is 0.307 e. The normalized spacial score (nSPS) is 10.6. The number of nitrogens with one attached hydrogen (secondary N) is 2. The van der Waals surface area contributed by atoms with Crippen LogP contribution in [0, 0.1) is 0 Å². The quantitative estimate of drug-likeness (QED) is 0.176. The van der Waals surface area contributed by atoms with Crippen molar-refractivity contribution >= 4 is 33.9 Å². The van der Waals surface area contributed by atoms with Gasteiger partial charge < -0.3 is 24.3 Å². The molecule has 3 rings (SSSR count). The number of hydrogen-bond donors (Lipinski definition) is 4. The highest BCUT2D eigenvalue weighted by Crippen LogP contribution is 2.24. The monoisotopic (exact) mass is 432 g/mol. The summed E-state index contributed by atoms with van der Waals surface area (Å²) in [6.07, 6.45) is 0. The first-order valence-corrected chi connectivity index (χ1v) is 9.81. The Balaban J connectivity index is 1.47. The summed E-state index contributed by atoms with van der Waals surface area (Å²) in [4.78, 5) is 24.0. The van der Waals surface area contributed by atoms with Crippen molar-refractivity contribution in [2.45, 2.75) is 4.90 Å². The van der Waals surface area contributed by atoms with Gasteiger partial charge in [0.15, 0.2) is 5.76 Å². The van der Waals surface area contributed by atoms with Gasteiger partial charge in [0.2, 0.25) is 0 Å². The molecule has 0 spiro atoms. The molecule has 2 aromatic carbocycles. The number of benzene rings is 2. The van der Waals surface area contributed by atoms with Crippen LogP contribution in [0.5, 0.6) is 11.5 Å². The molecule has 3 aromatic rings. The molecule has 30 heavy (non-hydrogen) atoms. The summed E-state index contributed by atoms with van der Waals surface area (Å²) in [6.45, 7) is 0.623. The molecule has 1 aromatic heterocycles. The minimum Gasteiger partial charge on any atom is -0.492 e. The third-order valence-electron chi connectivity index (χ3n) is 3.85. The van der Waals surface area contributed by atoms with Crippen LogP contribution >= 0.6 is 11.8 Å². The van der Waals surface area contributed by atoms with Crippen LogP contribution in [0.25, 0.3) is 11.0 Å². The molecule has 0 unspecified atom stereocenters. The van der Waals surface area contributed by atoms with E-state index in [9.17, 15) is 9.59 Å². The zero-order valence-corrected chi connectivity index (χ0v) is 16.6. The number of ether oxygens (including phenoxy) is 2. The Morgan fingerprint density at radius 2 is 1.73 bits per heavy atom. The van der Waals surface area contributed by atoms with Crippen LogP contribution in [-0.4, -0.2) is 47.8 Å². The van der Waals surface area contributed by atoms with Crippen LogP contribution in [0.2, 0.25) is 0 Å². The largest absolute Gasteiger partial charge is 0.492 e. The van der Waals surface area contributed by atoms with E-state index >= 15 is 0 Å². The maximum Gasteiger partial charge on any atom is 0.307 e. The number of aliphatic hydroxyl groups excluding tert-OH is 1. The van der Waals surface area contributed by atoms with Gasteiger partial charge in [-0.3, -0.25) is 14.8 Å². The highest BCUT2D eigenvalue weighted by molar-refractivity contribution is 8.13. The van der Waals surface area contributed by atoms with E-state index in [1.54, 1.807) is 54.0 Å². The van der Waals surface area contributed by atoms with Crippen LogP contribution in [0.1, 0.15) is 10.6 Å². The fourth-order valence-electron chi connectivity index (χ4n) is 2.54. The van der Waals surface area contributed by atoms with Crippen molar-refractivity contribution in [3.05, 3.63) is 54.3 Å². The first-order valence-electron chi connectivity index (χ1n) is 8.99. The molecular formula is C20H20N2O7S. The van der Waals surface area contributed by atoms with Gasteiger partial charge in [-0.25, -0.2) is 5.48 Å². The van der Waals surface area contributed by atoms with Crippen LogP contribution in [-0.2, 0) is 0 Å². The van der Waals surface area contributed by atoms with Crippen LogP contribution in [0.3, 0.4) is 0 Å². The second-order valence-electron chi connectivity index (χ2n) is 5.96. The molecule has 0 aliphatic carbocycles. The van der Waals surface area contributed by atoms with E-state index in [0.717, 1.165) is 17.1 Å². The molecule has 10 heteroatoms. The molecule has 0 fully saturated rings. The number of thioether (sulfide) groups is 1. The SMILES string of the molecule is O=C(NO)Sc1ccc(OCCNC(=O)c2cc3cc(OCCO)ccc3o2)cc1. The molecule has 0 bridgehead atoms. The van der Waals surface area contributed by atoms with Gasteiger partial charge in [0, 0.05) is 10.3 Å². The molecule has 0 saturated heterocycles. The summed E-state index contributed by atoms with van der Waals surface area (Å²) in [6, 6.07) is 13.5. The molecule has 4 N–H and O–H groups in total. The zero-order valence-electron chi connectivity index (χ0n) is 15.8. The van der Waals surface area contributed by atoms with Gasteiger partial charge in [-0.2, -0.15) is 0 Å². The van der Waals surface area contributed by atoms with E-state index in [4.69, 9.17) is 24.2 Å². The van der Waals surface area contributed by atoms with Crippen LogP contribution in [0.15, 0.2) is 57.8 Å². The fourth-order valence-corrected chi connectivity index (χ4v) is 3.07. The standard InChI is InChI=1S/C20H20N2O7S/c23-8-10-28-15-3-6-17-13(11-15)12-18(29-17)19(24)21-7-9-27-14-1-4-16(5-2-14)30-20(25)22-26/h1-6,11-12,23,26H,7-10H2,(H,21,24)(H,22,25). The van der Waals surface area contributed by atoms with Gasteiger partial charge in [-0.05, 0) is 60.3 Å². The molecule has 2 amide bonds. The maximum absolute atomic E-state index is 12.3. The summed E-state index contributed by atoms with van der Waals surface area (Å²) in [5.41, 5.74) is 2.10. The molecule has 0 aliphatic heterocycles. The highest BCUT2D eigenvalue weighted by atomic mass is 32.2. The first kappa shape index (κ1) is 21.5. The molecular weight excluding hydrogens is 412 g/mol. The number of amides is 2. The Hall–Kier alpha value is -3.21. The zero-order chi connectivity index (χ0) is 21.3. The van der Waals surface area contributed by atoms with Gasteiger partial charge >= 0.3 is 5.24 Å². The summed E-state index contributed by atoms with van der Waals surface area (Å²) in [7, 11) is 0. The Kier molecular flexibility index (Phi) is 7.55. The van der Waals surface area contributed by atoms with E-state index in [-0.39, 0.29) is 38.0 Å². The second kappa shape index (κ2) is 10.5. The molecule has 0 aliphatic rings. The Morgan fingerprint density at radius 3 is 2.47 bits per heavy atom. The number of aliphatic hydroxyl groups is 1. The van der Waals surface area contributed by atoms with E-state index in [1.807, 2.05) is 0 Å². The number of rotatable bonds is 9. The molecule has 9 nitrogen and oxygen atoms in total. The number of hydrogen-bond acceptors (Lipinski definition) is 8. The fraction of sp³-hybridized carbons (Fsp3) is 0.200. The third-order valence-corrected chi connectivity index (χ3v) is 4.64. The maximum atomic E-state index is 12.3. The number of fused-ring (bicyclic) bond motifs is 1. The molecule has 1 heterocycles. The topological polar surface area (TPSA) is 130 Å². The van der Waals surface area contributed by atoms with Crippen LogP contribution < -0.4 is 20.3 Å². The molecule has 158 valence electrons. The summed E-state index contributed by atoms with van der Waals surface area (Å²) >= 11 is 0.846. The van der Waals surface area contributed by atoms with Crippen molar-refractivity contribution in [1.82, 2.24) is 10.8 Å². The van der Waals surface area contributed by atoms with Crippen molar-refractivity contribution in [2.24, 2.45) is 0 Å². The van der Waals surface area contributed by atoms with E-state index in [1.165, 1.54) is 0 Å². The summed E-state index contributed by atoms with van der Waals surface area (Å²) < 4.78 is 16.4. The lowest BCUT2D eigenvalue weighted by Gasteiger charge is -2.07. The molecule has 0 atom stereocenters. The molecule has 0 radical (unpaired) electrons.